The number of likely N-dealkylation sites (N-methyl/N-ethyl adjacent to an activating group) is 1. The zero-order valence-electron chi connectivity index (χ0n) is 11.7. The van der Waals surface area contributed by atoms with E-state index < -0.39 is 0 Å². The molecule has 1 aliphatic rings. The largest absolute Gasteiger partial charge is 0.388 e. The Morgan fingerprint density at radius 2 is 2.32 bits per heavy atom. The highest BCUT2D eigenvalue weighted by Gasteiger charge is 2.22. The van der Waals surface area contributed by atoms with E-state index in [9.17, 15) is 0 Å². The average Bonchev–Trinajstić information content (AvgIpc) is 2.39. The van der Waals surface area contributed by atoms with Crippen molar-refractivity contribution in [3.8, 4) is 0 Å². The van der Waals surface area contributed by atoms with Crippen molar-refractivity contribution in [1.29, 1.82) is 0 Å². The van der Waals surface area contributed by atoms with Gasteiger partial charge in [-0.15, -0.1) is 0 Å². The summed E-state index contributed by atoms with van der Waals surface area (Å²) in [6, 6.07) is 4.66. The highest BCUT2D eigenvalue weighted by atomic mass is 32.1. The molecule has 19 heavy (non-hydrogen) atoms. The van der Waals surface area contributed by atoms with Gasteiger partial charge in [0.1, 0.15) is 4.99 Å². The van der Waals surface area contributed by atoms with Gasteiger partial charge in [-0.2, -0.15) is 0 Å². The molecule has 104 valence electrons. The Kier molecular flexibility index (Phi) is 4.85. The number of nitrogens with zero attached hydrogens (tertiary/aromatic N) is 3. The van der Waals surface area contributed by atoms with Crippen LogP contribution in [0.25, 0.3) is 0 Å². The molecule has 4 nitrogen and oxygen atoms in total. The van der Waals surface area contributed by atoms with E-state index in [0.717, 1.165) is 32.7 Å². The molecule has 0 aromatic carbocycles. The van der Waals surface area contributed by atoms with Crippen LogP contribution in [0.5, 0.6) is 0 Å². The smallest absolute Gasteiger partial charge is 0.122 e. The first-order chi connectivity index (χ1) is 9.10. The quantitative estimate of drug-likeness (QED) is 0.840. The second kappa shape index (κ2) is 6.41. The molecule has 0 radical (unpaired) electrons. The molecule has 1 aromatic heterocycles. The Morgan fingerprint density at radius 3 is 2.95 bits per heavy atom. The maximum atomic E-state index is 5.62. The summed E-state index contributed by atoms with van der Waals surface area (Å²) in [7, 11) is 0. The molecule has 2 N–H and O–H groups in total. The van der Waals surface area contributed by atoms with Crippen LogP contribution in [0.4, 0.5) is 0 Å². The van der Waals surface area contributed by atoms with Crippen molar-refractivity contribution in [3.05, 3.63) is 29.6 Å². The predicted octanol–water partition coefficient (Wildman–Crippen LogP) is 1.24. The predicted molar refractivity (Wildman–Crippen MR) is 82.1 cm³/mol. The van der Waals surface area contributed by atoms with E-state index in [2.05, 4.69) is 28.6 Å². The van der Waals surface area contributed by atoms with Crippen LogP contribution < -0.4 is 5.73 Å². The summed E-state index contributed by atoms with van der Waals surface area (Å²) in [6.45, 7) is 9.97. The molecular weight excluding hydrogens is 256 g/mol. The van der Waals surface area contributed by atoms with Crippen LogP contribution in [0.2, 0.25) is 0 Å². The number of pyridine rings is 1. The summed E-state index contributed by atoms with van der Waals surface area (Å²) in [5.41, 5.74) is 7.57. The molecule has 1 atom stereocenters. The molecule has 5 heteroatoms. The van der Waals surface area contributed by atoms with Gasteiger partial charge in [0.15, 0.2) is 0 Å². The van der Waals surface area contributed by atoms with E-state index in [4.69, 9.17) is 18.0 Å². The normalized spacial score (nSPS) is 21.5. The molecular formula is C14H22N4S. The number of rotatable bonds is 4. The van der Waals surface area contributed by atoms with Crippen molar-refractivity contribution in [1.82, 2.24) is 14.8 Å². The van der Waals surface area contributed by atoms with Crippen molar-refractivity contribution in [3.63, 3.8) is 0 Å². The number of nitrogens with two attached hydrogens (primary N) is 1. The standard InChI is InChI=1S/C14H22N4S/c1-3-18-7-6-17(9-11(18)2)10-12-4-5-16-13(8-12)14(15)19/h4-5,8,11H,3,6-7,9-10H2,1-2H3,(H2,15,19). The Morgan fingerprint density at radius 1 is 1.53 bits per heavy atom. The minimum atomic E-state index is 0.367. The fraction of sp³-hybridized carbons (Fsp3) is 0.571. The number of thiocarbonyl (C=S) groups is 1. The van der Waals surface area contributed by atoms with Gasteiger partial charge in [0, 0.05) is 38.4 Å². The van der Waals surface area contributed by atoms with E-state index >= 15 is 0 Å². The van der Waals surface area contributed by atoms with Crippen molar-refractivity contribution in [2.45, 2.75) is 26.4 Å². The van der Waals surface area contributed by atoms with Crippen LogP contribution in [-0.2, 0) is 6.54 Å². The summed E-state index contributed by atoms with van der Waals surface area (Å²) < 4.78 is 0. The molecule has 0 amide bonds. The number of hydrogen-bond acceptors (Lipinski definition) is 4. The fourth-order valence-electron chi connectivity index (χ4n) is 2.65. The Bertz CT molecular complexity index is 449. The lowest BCUT2D eigenvalue weighted by Gasteiger charge is -2.39. The molecule has 0 aliphatic carbocycles. The number of hydrogen-bond donors (Lipinski definition) is 1. The third-order valence-electron chi connectivity index (χ3n) is 3.74. The first-order valence-electron chi connectivity index (χ1n) is 6.81. The highest BCUT2D eigenvalue weighted by Crippen LogP contribution is 2.13. The van der Waals surface area contributed by atoms with Crippen molar-refractivity contribution in [2.75, 3.05) is 26.2 Å². The maximum absolute atomic E-state index is 5.62. The minimum Gasteiger partial charge on any atom is -0.388 e. The van der Waals surface area contributed by atoms with Gasteiger partial charge in [-0.1, -0.05) is 19.1 Å². The third-order valence-corrected chi connectivity index (χ3v) is 3.95. The van der Waals surface area contributed by atoms with Crippen molar-refractivity contribution in [2.24, 2.45) is 5.73 Å². The van der Waals surface area contributed by atoms with Crippen LogP contribution >= 0.6 is 12.2 Å². The first-order valence-corrected chi connectivity index (χ1v) is 7.22. The van der Waals surface area contributed by atoms with Gasteiger partial charge in [0.05, 0.1) is 5.69 Å². The maximum Gasteiger partial charge on any atom is 0.122 e. The Labute approximate surface area is 120 Å². The Balaban J connectivity index is 1.98. The van der Waals surface area contributed by atoms with Crippen LogP contribution in [-0.4, -0.2) is 52.0 Å². The van der Waals surface area contributed by atoms with Gasteiger partial charge < -0.3 is 5.73 Å². The van der Waals surface area contributed by atoms with Crippen LogP contribution in [0.1, 0.15) is 25.1 Å². The van der Waals surface area contributed by atoms with E-state index in [0.29, 0.717) is 16.7 Å². The average molecular weight is 278 g/mol. The van der Waals surface area contributed by atoms with Crippen LogP contribution in [0.15, 0.2) is 18.3 Å². The van der Waals surface area contributed by atoms with Gasteiger partial charge in [-0.25, -0.2) is 0 Å². The van der Waals surface area contributed by atoms with E-state index in [1.807, 2.05) is 12.1 Å². The van der Waals surface area contributed by atoms with E-state index in [1.165, 1.54) is 5.56 Å². The lowest BCUT2D eigenvalue weighted by atomic mass is 10.1. The van der Waals surface area contributed by atoms with Gasteiger partial charge in [-0.05, 0) is 31.2 Å². The number of piperazine rings is 1. The van der Waals surface area contributed by atoms with Crippen molar-refractivity contribution < 1.29 is 0 Å². The summed E-state index contributed by atoms with van der Waals surface area (Å²) in [4.78, 5) is 9.54. The summed E-state index contributed by atoms with van der Waals surface area (Å²) in [6.07, 6.45) is 1.79. The molecule has 1 saturated heterocycles. The zero-order valence-corrected chi connectivity index (χ0v) is 12.5. The molecule has 1 unspecified atom stereocenters. The lowest BCUT2D eigenvalue weighted by Crippen LogP contribution is -2.51. The molecule has 0 bridgehead atoms. The first kappa shape index (κ1) is 14.4. The lowest BCUT2D eigenvalue weighted by molar-refractivity contribution is 0.0834. The molecule has 2 rings (SSSR count). The third kappa shape index (κ3) is 3.72. The van der Waals surface area contributed by atoms with E-state index in [1.54, 1.807) is 6.20 Å². The second-order valence-corrected chi connectivity index (χ2v) is 5.57. The SMILES string of the molecule is CCN1CCN(Cc2ccnc(C(N)=S)c2)CC1C. The monoisotopic (exact) mass is 278 g/mol. The van der Waals surface area contributed by atoms with Gasteiger partial charge in [0.2, 0.25) is 0 Å². The second-order valence-electron chi connectivity index (χ2n) is 5.13. The molecule has 1 aliphatic heterocycles. The Hall–Kier alpha value is -1.04. The zero-order chi connectivity index (χ0) is 13.8. The molecule has 1 aromatic rings. The van der Waals surface area contributed by atoms with Crippen LogP contribution in [0.3, 0.4) is 0 Å². The molecule has 1 fully saturated rings. The van der Waals surface area contributed by atoms with E-state index in [-0.39, 0.29) is 0 Å². The minimum absolute atomic E-state index is 0.367. The fourth-order valence-corrected chi connectivity index (χ4v) is 2.76. The molecule has 0 spiro atoms. The topological polar surface area (TPSA) is 45.4 Å². The molecule has 0 saturated carbocycles. The molecule has 2 heterocycles. The summed E-state index contributed by atoms with van der Waals surface area (Å²) >= 11 is 4.97. The summed E-state index contributed by atoms with van der Waals surface area (Å²) in [5.74, 6) is 0. The number of aromatic nitrogens is 1. The van der Waals surface area contributed by atoms with Crippen LogP contribution in [0, 0.1) is 0 Å². The summed E-state index contributed by atoms with van der Waals surface area (Å²) in [5, 5.41) is 0. The van der Waals surface area contributed by atoms with Gasteiger partial charge >= 0.3 is 0 Å². The van der Waals surface area contributed by atoms with Gasteiger partial charge in [0.25, 0.3) is 0 Å². The van der Waals surface area contributed by atoms with Crippen molar-refractivity contribution >= 4 is 17.2 Å². The highest BCUT2D eigenvalue weighted by molar-refractivity contribution is 7.80. The van der Waals surface area contributed by atoms with Gasteiger partial charge in [-0.3, -0.25) is 14.8 Å².